The van der Waals surface area contributed by atoms with Crippen molar-refractivity contribution in [1.82, 2.24) is 0 Å². The fraction of sp³-hybridized carbons (Fsp3) is 0.571. The number of hydrogen-bond acceptors (Lipinski definition) is 3. The Morgan fingerprint density at radius 2 is 1.65 bits per heavy atom. The molecule has 0 bridgehead atoms. The summed E-state index contributed by atoms with van der Waals surface area (Å²) < 4.78 is 11.3. The molecule has 1 aromatic carbocycles. The molecule has 0 aliphatic carbocycles. The molecule has 0 aliphatic heterocycles. The number of nitrogens with two attached hydrogens (primary N) is 1. The minimum atomic E-state index is -0.111. The lowest BCUT2D eigenvalue weighted by Gasteiger charge is -2.22. The molecule has 2 N–H and O–H groups in total. The maximum atomic E-state index is 5.98. The van der Waals surface area contributed by atoms with Crippen LogP contribution in [0, 0.1) is 5.92 Å². The van der Waals surface area contributed by atoms with Crippen LogP contribution in [-0.2, 0) is 0 Å². The van der Waals surface area contributed by atoms with Gasteiger partial charge in [0.25, 0.3) is 0 Å². The Morgan fingerprint density at radius 1 is 1.06 bits per heavy atom. The molecule has 0 aliphatic rings. The van der Waals surface area contributed by atoms with E-state index in [1.807, 2.05) is 25.1 Å². The van der Waals surface area contributed by atoms with E-state index in [1.165, 1.54) is 0 Å². The van der Waals surface area contributed by atoms with E-state index in [4.69, 9.17) is 15.2 Å². The second-order valence-electron chi connectivity index (χ2n) is 4.73. The van der Waals surface area contributed by atoms with Crippen LogP contribution in [0.15, 0.2) is 18.2 Å². The van der Waals surface area contributed by atoms with E-state index in [0.29, 0.717) is 5.92 Å². The highest BCUT2D eigenvalue weighted by molar-refractivity contribution is 5.46. The largest absolute Gasteiger partial charge is 0.496 e. The van der Waals surface area contributed by atoms with Gasteiger partial charge in [-0.25, -0.2) is 0 Å². The SMILES string of the molecule is COc1cccc(OC(C)C(C)C)c1C(C)N. The molecule has 0 aromatic heterocycles. The van der Waals surface area contributed by atoms with Gasteiger partial charge in [0, 0.05) is 6.04 Å². The first-order valence-electron chi connectivity index (χ1n) is 6.06. The molecule has 0 fully saturated rings. The second kappa shape index (κ2) is 5.92. The van der Waals surface area contributed by atoms with Crippen molar-refractivity contribution < 1.29 is 9.47 Å². The van der Waals surface area contributed by atoms with Gasteiger partial charge in [0.15, 0.2) is 0 Å². The van der Waals surface area contributed by atoms with Crippen molar-refractivity contribution in [3.05, 3.63) is 23.8 Å². The Kier molecular flexibility index (Phi) is 4.82. The molecule has 0 saturated carbocycles. The lowest BCUT2D eigenvalue weighted by atomic mass is 10.1. The van der Waals surface area contributed by atoms with Crippen molar-refractivity contribution in [2.24, 2.45) is 11.7 Å². The van der Waals surface area contributed by atoms with Gasteiger partial charge in [0.05, 0.1) is 18.8 Å². The molecule has 2 unspecified atom stereocenters. The first kappa shape index (κ1) is 13.8. The van der Waals surface area contributed by atoms with Gasteiger partial charge in [0.2, 0.25) is 0 Å². The molecule has 3 heteroatoms. The molecule has 0 radical (unpaired) electrons. The third-order valence-corrected chi connectivity index (χ3v) is 2.95. The van der Waals surface area contributed by atoms with E-state index in [2.05, 4.69) is 20.8 Å². The minimum Gasteiger partial charge on any atom is -0.496 e. The van der Waals surface area contributed by atoms with Gasteiger partial charge in [-0.15, -0.1) is 0 Å². The van der Waals surface area contributed by atoms with Crippen molar-refractivity contribution in [2.75, 3.05) is 7.11 Å². The summed E-state index contributed by atoms with van der Waals surface area (Å²) in [6.07, 6.45) is 0.152. The molecule has 0 amide bonds. The molecule has 2 atom stereocenters. The zero-order valence-corrected chi connectivity index (χ0v) is 11.4. The summed E-state index contributed by atoms with van der Waals surface area (Å²) in [6, 6.07) is 5.67. The Bertz CT molecular complexity index is 361. The molecule has 1 aromatic rings. The van der Waals surface area contributed by atoms with Crippen LogP contribution in [0.1, 0.15) is 39.3 Å². The van der Waals surface area contributed by atoms with Crippen molar-refractivity contribution in [3.8, 4) is 11.5 Å². The molecule has 96 valence electrons. The first-order chi connectivity index (χ1) is 7.97. The van der Waals surface area contributed by atoms with Crippen molar-refractivity contribution in [1.29, 1.82) is 0 Å². The van der Waals surface area contributed by atoms with Crippen LogP contribution < -0.4 is 15.2 Å². The third-order valence-electron chi connectivity index (χ3n) is 2.95. The summed E-state index contributed by atoms with van der Waals surface area (Å²) in [5, 5.41) is 0. The second-order valence-corrected chi connectivity index (χ2v) is 4.73. The van der Waals surface area contributed by atoms with Crippen LogP contribution >= 0.6 is 0 Å². The fourth-order valence-electron chi connectivity index (χ4n) is 1.59. The van der Waals surface area contributed by atoms with Crippen LogP contribution in [0.2, 0.25) is 0 Å². The van der Waals surface area contributed by atoms with Crippen LogP contribution in [0.3, 0.4) is 0 Å². The summed E-state index contributed by atoms with van der Waals surface area (Å²) in [7, 11) is 1.65. The fourth-order valence-corrected chi connectivity index (χ4v) is 1.59. The van der Waals surface area contributed by atoms with Gasteiger partial charge in [0.1, 0.15) is 11.5 Å². The van der Waals surface area contributed by atoms with E-state index in [1.54, 1.807) is 7.11 Å². The highest BCUT2D eigenvalue weighted by Gasteiger charge is 2.17. The molecule has 1 rings (SSSR count). The van der Waals surface area contributed by atoms with Crippen molar-refractivity contribution >= 4 is 0 Å². The van der Waals surface area contributed by atoms with E-state index < -0.39 is 0 Å². The van der Waals surface area contributed by atoms with Gasteiger partial charge < -0.3 is 15.2 Å². The topological polar surface area (TPSA) is 44.5 Å². The van der Waals surface area contributed by atoms with Gasteiger partial charge in [-0.05, 0) is 31.9 Å². The maximum absolute atomic E-state index is 5.98. The van der Waals surface area contributed by atoms with Crippen LogP contribution in [0.25, 0.3) is 0 Å². The van der Waals surface area contributed by atoms with Crippen LogP contribution in [0.4, 0.5) is 0 Å². The number of benzene rings is 1. The molecular weight excluding hydrogens is 214 g/mol. The molecule has 0 spiro atoms. The highest BCUT2D eigenvalue weighted by Crippen LogP contribution is 2.33. The van der Waals surface area contributed by atoms with E-state index in [-0.39, 0.29) is 12.1 Å². The normalized spacial score (nSPS) is 14.5. The Morgan fingerprint density at radius 3 is 2.12 bits per heavy atom. The number of ether oxygens (including phenoxy) is 2. The van der Waals surface area contributed by atoms with Gasteiger partial charge >= 0.3 is 0 Å². The lowest BCUT2D eigenvalue weighted by Crippen LogP contribution is -2.20. The van der Waals surface area contributed by atoms with E-state index in [9.17, 15) is 0 Å². The Hall–Kier alpha value is -1.22. The summed E-state index contributed by atoms with van der Waals surface area (Å²) in [5.74, 6) is 2.07. The zero-order chi connectivity index (χ0) is 13.0. The van der Waals surface area contributed by atoms with Crippen LogP contribution in [0.5, 0.6) is 11.5 Å². The quantitative estimate of drug-likeness (QED) is 0.855. The molecule has 0 heterocycles. The predicted octanol–water partition coefficient (Wildman–Crippen LogP) is 3.14. The maximum Gasteiger partial charge on any atom is 0.128 e. The lowest BCUT2D eigenvalue weighted by molar-refractivity contribution is 0.167. The summed E-state index contributed by atoms with van der Waals surface area (Å²) in [4.78, 5) is 0. The Balaban J connectivity index is 3.06. The molecular formula is C14H23NO2. The van der Waals surface area contributed by atoms with Crippen molar-refractivity contribution in [3.63, 3.8) is 0 Å². The predicted molar refractivity (Wildman–Crippen MR) is 70.5 cm³/mol. The highest BCUT2D eigenvalue weighted by atomic mass is 16.5. The first-order valence-corrected chi connectivity index (χ1v) is 6.06. The zero-order valence-electron chi connectivity index (χ0n) is 11.4. The van der Waals surface area contributed by atoms with Gasteiger partial charge in [-0.1, -0.05) is 19.9 Å². The van der Waals surface area contributed by atoms with Gasteiger partial charge in [-0.2, -0.15) is 0 Å². The van der Waals surface area contributed by atoms with Crippen molar-refractivity contribution in [2.45, 2.75) is 39.8 Å². The minimum absolute atomic E-state index is 0.111. The average Bonchev–Trinajstić information content (AvgIpc) is 2.27. The van der Waals surface area contributed by atoms with Gasteiger partial charge in [-0.3, -0.25) is 0 Å². The average molecular weight is 237 g/mol. The molecule has 0 saturated heterocycles. The van der Waals surface area contributed by atoms with E-state index >= 15 is 0 Å². The Labute approximate surface area is 104 Å². The summed E-state index contributed by atoms with van der Waals surface area (Å²) in [6.45, 7) is 8.27. The smallest absolute Gasteiger partial charge is 0.128 e. The number of methoxy groups -OCH3 is 1. The standard InChI is InChI=1S/C14H23NO2/c1-9(2)11(4)17-13-8-6-7-12(16-5)14(13)10(3)15/h6-11H,15H2,1-5H3. The van der Waals surface area contributed by atoms with E-state index in [0.717, 1.165) is 17.1 Å². The monoisotopic (exact) mass is 237 g/mol. The summed E-state index contributed by atoms with van der Waals surface area (Å²) in [5.41, 5.74) is 6.92. The molecule has 3 nitrogen and oxygen atoms in total. The summed E-state index contributed by atoms with van der Waals surface area (Å²) >= 11 is 0. The molecule has 17 heavy (non-hydrogen) atoms. The third kappa shape index (κ3) is 3.37. The van der Waals surface area contributed by atoms with Crippen LogP contribution in [-0.4, -0.2) is 13.2 Å². The number of hydrogen-bond donors (Lipinski definition) is 1. The number of rotatable bonds is 5.